The average molecular weight is 429 g/mol. The lowest BCUT2D eigenvalue weighted by Crippen LogP contribution is -2.49. The minimum Gasteiger partial charge on any atom is -0.493 e. The molecular formula is C21H23N3O5S. The number of hydrazine groups is 1. The van der Waals surface area contributed by atoms with E-state index in [-0.39, 0.29) is 11.7 Å². The van der Waals surface area contributed by atoms with Crippen LogP contribution in [-0.4, -0.2) is 37.8 Å². The van der Waals surface area contributed by atoms with Crippen molar-refractivity contribution < 1.29 is 23.8 Å². The zero-order valence-electron chi connectivity index (χ0n) is 16.9. The highest BCUT2D eigenvalue weighted by Crippen LogP contribution is 2.27. The first-order valence-electron chi connectivity index (χ1n) is 8.90. The quantitative estimate of drug-likeness (QED) is 0.352. The summed E-state index contributed by atoms with van der Waals surface area (Å²) in [5.41, 5.74) is 6.62. The second kappa shape index (κ2) is 11.4. The van der Waals surface area contributed by atoms with Crippen molar-refractivity contribution in [3.63, 3.8) is 0 Å². The maximum absolute atomic E-state index is 12.0. The molecule has 0 aliphatic heterocycles. The molecule has 0 saturated heterocycles. The van der Waals surface area contributed by atoms with Gasteiger partial charge in [-0.2, -0.15) is 0 Å². The van der Waals surface area contributed by atoms with Crippen molar-refractivity contribution in [1.29, 1.82) is 0 Å². The maximum atomic E-state index is 12.0. The number of carbonyl (C=O) groups is 2. The highest BCUT2D eigenvalue weighted by molar-refractivity contribution is 7.80. The van der Waals surface area contributed by atoms with Crippen LogP contribution in [0.3, 0.4) is 0 Å². The molecule has 2 amide bonds. The number of ether oxygens (including phenoxy) is 3. The van der Waals surface area contributed by atoms with Gasteiger partial charge in [-0.3, -0.25) is 25.8 Å². The van der Waals surface area contributed by atoms with Gasteiger partial charge in [-0.25, -0.2) is 0 Å². The van der Waals surface area contributed by atoms with Crippen molar-refractivity contribution in [2.24, 2.45) is 0 Å². The van der Waals surface area contributed by atoms with Crippen LogP contribution in [0.25, 0.3) is 6.08 Å². The van der Waals surface area contributed by atoms with Crippen LogP contribution in [-0.2, 0) is 9.59 Å². The van der Waals surface area contributed by atoms with Crippen LogP contribution >= 0.6 is 12.2 Å². The van der Waals surface area contributed by atoms with E-state index in [9.17, 15) is 9.59 Å². The average Bonchev–Trinajstić information content (AvgIpc) is 2.75. The van der Waals surface area contributed by atoms with E-state index in [1.54, 1.807) is 43.5 Å². The summed E-state index contributed by atoms with van der Waals surface area (Å²) in [7, 11) is 3.07. The molecule has 0 fully saturated rings. The van der Waals surface area contributed by atoms with E-state index in [0.29, 0.717) is 17.2 Å². The van der Waals surface area contributed by atoms with Crippen molar-refractivity contribution in [3.05, 3.63) is 59.7 Å². The van der Waals surface area contributed by atoms with E-state index in [1.165, 1.54) is 13.2 Å². The van der Waals surface area contributed by atoms with Crippen molar-refractivity contribution in [2.45, 2.75) is 6.92 Å². The summed E-state index contributed by atoms with van der Waals surface area (Å²) >= 11 is 4.97. The Labute approximate surface area is 180 Å². The first-order valence-corrected chi connectivity index (χ1v) is 9.31. The highest BCUT2D eigenvalue weighted by atomic mass is 32.1. The van der Waals surface area contributed by atoms with E-state index in [0.717, 1.165) is 11.1 Å². The summed E-state index contributed by atoms with van der Waals surface area (Å²) in [6.45, 7) is 1.75. The van der Waals surface area contributed by atoms with E-state index in [1.807, 2.05) is 19.1 Å². The molecule has 2 aromatic carbocycles. The number of rotatable bonds is 7. The SMILES string of the molecule is COc1ccc(C=CC(=O)NC(=S)NNC(=O)COc2ccc(C)cc2)cc1OC. The number of carbonyl (C=O) groups excluding carboxylic acids is 2. The van der Waals surface area contributed by atoms with Gasteiger partial charge in [0.1, 0.15) is 5.75 Å². The van der Waals surface area contributed by atoms with Gasteiger partial charge >= 0.3 is 0 Å². The third-order valence-corrected chi connectivity index (χ3v) is 3.98. The van der Waals surface area contributed by atoms with Gasteiger partial charge in [0.15, 0.2) is 23.2 Å². The number of thiocarbonyl (C=S) groups is 1. The predicted octanol–water partition coefficient (Wildman–Crippen LogP) is 2.13. The fourth-order valence-electron chi connectivity index (χ4n) is 2.26. The van der Waals surface area contributed by atoms with Gasteiger partial charge < -0.3 is 14.2 Å². The Kier molecular flexibility index (Phi) is 8.64. The van der Waals surface area contributed by atoms with Gasteiger partial charge in [0.25, 0.3) is 5.91 Å². The molecule has 2 aromatic rings. The molecule has 8 nitrogen and oxygen atoms in total. The summed E-state index contributed by atoms with van der Waals surface area (Å²) in [4.78, 5) is 23.8. The van der Waals surface area contributed by atoms with Crippen LogP contribution in [0.5, 0.6) is 17.2 Å². The van der Waals surface area contributed by atoms with Gasteiger partial charge in [-0.05, 0) is 55.0 Å². The number of amides is 2. The number of hydrogen-bond acceptors (Lipinski definition) is 6. The van der Waals surface area contributed by atoms with E-state index < -0.39 is 11.8 Å². The lowest BCUT2D eigenvalue weighted by Gasteiger charge is -2.10. The molecule has 0 heterocycles. The van der Waals surface area contributed by atoms with Gasteiger partial charge in [-0.1, -0.05) is 23.8 Å². The summed E-state index contributed by atoms with van der Waals surface area (Å²) < 4.78 is 15.7. The molecule has 0 aliphatic rings. The molecule has 9 heteroatoms. The molecule has 0 unspecified atom stereocenters. The van der Waals surface area contributed by atoms with Crippen molar-refractivity contribution in [2.75, 3.05) is 20.8 Å². The summed E-state index contributed by atoms with van der Waals surface area (Å²) in [5, 5.41) is 2.36. The lowest BCUT2D eigenvalue weighted by atomic mass is 10.2. The van der Waals surface area contributed by atoms with Crippen LogP contribution < -0.4 is 30.4 Å². The van der Waals surface area contributed by atoms with E-state index in [2.05, 4.69) is 16.2 Å². The van der Waals surface area contributed by atoms with Crippen LogP contribution in [0, 0.1) is 6.92 Å². The number of aryl methyl sites for hydroxylation is 1. The molecular weight excluding hydrogens is 406 g/mol. The van der Waals surface area contributed by atoms with Gasteiger partial charge in [0.2, 0.25) is 5.91 Å². The number of benzene rings is 2. The van der Waals surface area contributed by atoms with Gasteiger partial charge in [0, 0.05) is 6.08 Å². The smallest absolute Gasteiger partial charge is 0.276 e. The Morgan fingerprint density at radius 1 is 1.00 bits per heavy atom. The van der Waals surface area contributed by atoms with Crippen molar-refractivity contribution in [1.82, 2.24) is 16.2 Å². The second-order valence-electron chi connectivity index (χ2n) is 6.04. The Hall–Kier alpha value is -3.59. The summed E-state index contributed by atoms with van der Waals surface area (Å²) in [5.74, 6) is 0.798. The fraction of sp³-hybridized carbons (Fsp3) is 0.190. The zero-order chi connectivity index (χ0) is 21.9. The number of methoxy groups -OCH3 is 2. The molecule has 0 saturated carbocycles. The third kappa shape index (κ3) is 7.44. The molecule has 0 atom stereocenters. The van der Waals surface area contributed by atoms with Crippen molar-refractivity contribution in [3.8, 4) is 17.2 Å². The molecule has 0 aromatic heterocycles. The molecule has 0 bridgehead atoms. The molecule has 0 aliphatic carbocycles. The standard InChI is InChI=1S/C21H23N3O5S/c1-14-4-8-16(9-5-14)29-13-20(26)23-24-21(30)22-19(25)11-7-15-6-10-17(27-2)18(12-15)28-3/h4-12H,13H2,1-3H3,(H,23,26)(H2,22,24,25,30). The van der Waals surface area contributed by atoms with E-state index in [4.69, 9.17) is 26.4 Å². The number of nitrogens with one attached hydrogen (secondary N) is 3. The lowest BCUT2D eigenvalue weighted by molar-refractivity contribution is -0.123. The minimum absolute atomic E-state index is 0.0550. The molecule has 30 heavy (non-hydrogen) atoms. The van der Waals surface area contributed by atoms with Crippen LogP contribution in [0.4, 0.5) is 0 Å². The third-order valence-electron chi connectivity index (χ3n) is 3.78. The number of hydrogen-bond donors (Lipinski definition) is 3. The maximum Gasteiger partial charge on any atom is 0.276 e. The van der Waals surface area contributed by atoms with Crippen LogP contribution in [0.1, 0.15) is 11.1 Å². The summed E-state index contributed by atoms with van der Waals surface area (Å²) in [6, 6.07) is 12.5. The Bertz CT molecular complexity index is 929. The first kappa shape index (κ1) is 22.7. The minimum atomic E-state index is -0.465. The zero-order valence-corrected chi connectivity index (χ0v) is 17.7. The Balaban J connectivity index is 1.74. The molecule has 2 rings (SSSR count). The van der Waals surface area contributed by atoms with Gasteiger partial charge in [-0.15, -0.1) is 0 Å². The molecule has 0 spiro atoms. The first-order chi connectivity index (χ1) is 14.4. The fourth-order valence-corrected chi connectivity index (χ4v) is 2.41. The topological polar surface area (TPSA) is 97.9 Å². The second-order valence-corrected chi connectivity index (χ2v) is 6.45. The van der Waals surface area contributed by atoms with Crippen molar-refractivity contribution >= 4 is 35.2 Å². The summed E-state index contributed by atoms with van der Waals surface area (Å²) in [6.07, 6.45) is 2.89. The molecule has 0 radical (unpaired) electrons. The van der Waals surface area contributed by atoms with Gasteiger partial charge in [0.05, 0.1) is 14.2 Å². The predicted molar refractivity (Wildman–Crippen MR) is 117 cm³/mol. The van der Waals surface area contributed by atoms with E-state index >= 15 is 0 Å². The normalized spacial score (nSPS) is 10.2. The van der Waals surface area contributed by atoms with Crippen LogP contribution in [0.15, 0.2) is 48.5 Å². The monoisotopic (exact) mass is 429 g/mol. The van der Waals surface area contributed by atoms with Crippen LogP contribution in [0.2, 0.25) is 0 Å². The molecule has 158 valence electrons. The Morgan fingerprint density at radius 2 is 1.70 bits per heavy atom. The highest BCUT2D eigenvalue weighted by Gasteiger charge is 2.06. The molecule has 3 N–H and O–H groups in total. The Morgan fingerprint density at radius 3 is 2.37 bits per heavy atom. The largest absolute Gasteiger partial charge is 0.493 e.